The van der Waals surface area contributed by atoms with Crippen molar-refractivity contribution in [2.75, 3.05) is 49.2 Å². The van der Waals surface area contributed by atoms with Gasteiger partial charge in [-0.05, 0) is 80.5 Å². The number of rotatable bonds is 20. The largest absolute Gasteiger partial charge is 0.493 e. The fourth-order valence-corrected chi connectivity index (χ4v) is 9.39. The minimum atomic E-state index is -1.61. The number of ether oxygens (including phenoxy) is 6. The van der Waals surface area contributed by atoms with E-state index >= 15 is 0 Å². The van der Waals surface area contributed by atoms with Crippen molar-refractivity contribution in [3.8, 4) is 23.0 Å². The molecule has 7 rings (SSSR count). The van der Waals surface area contributed by atoms with Crippen LogP contribution in [-0.2, 0) is 25.7 Å². The van der Waals surface area contributed by atoms with Gasteiger partial charge >= 0.3 is 18.3 Å². The second-order valence-electron chi connectivity index (χ2n) is 19.0. The summed E-state index contributed by atoms with van der Waals surface area (Å²) >= 11 is 0. The van der Waals surface area contributed by atoms with E-state index in [-0.39, 0.29) is 97.1 Å². The van der Waals surface area contributed by atoms with Crippen LogP contribution in [0.5, 0.6) is 23.0 Å². The van der Waals surface area contributed by atoms with Gasteiger partial charge in [0, 0.05) is 36.6 Å². The van der Waals surface area contributed by atoms with E-state index in [1.54, 1.807) is 74.8 Å². The number of aliphatic hydroxyl groups is 2. The summed E-state index contributed by atoms with van der Waals surface area (Å²) in [7, 11) is 2.74. The molecule has 0 saturated carbocycles. The molecule has 7 amide bonds. The molecule has 23 heteroatoms. The average Bonchev–Trinajstić information content (AvgIpc) is 4.28. The number of amides is 7. The van der Waals surface area contributed by atoms with Gasteiger partial charge in [-0.3, -0.25) is 19.2 Å². The fraction of sp³-hybridized carbons (Fsp3) is 0.375. The quantitative estimate of drug-likeness (QED) is 0.0515. The van der Waals surface area contributed by atoms with Gasteiger partial charge in [0.25, 0.3) is 11.8 Å². The number of hydrogen-bond donors (Lipinski definition) is 6. The Labute approximate surface area is 456 Å². The van der Waals surface area contributed by atoms with E-state index in [0.29, 0.717) is 11.3 Å². The van der Waals surface area contributed by atoms with E-state index in [2.05, 4.69) is 22.5 Å². The summed E-state index contributed by atoms with van der Waals surface area (Å²) < 4.78 is 34.2. The summed E-state index contributed by atoms with van der Waals surface area (Å²) in [5.74, 6) is -2.09. The molecule has 3 aromatic rings. The topological polar surface area (TPSA) is 285 Å². The minimum absolute atomic E-state index is 0.000495. The highest BCUT2D eigenvalue weighted by Gasteiger charge is 2.47. The molecule has 79 heavy (non-hydrogen) atoms. The van der Waals surface area contributed by atoms with Crippen LogP contribution in [0.3, 0.4) is 0 Å². The van der Waals surface area contributed by atoms with Crippen LogP contribution in [-0.4, -0.2) is 138 Å². The van der Waals surface area contributed by atoms with Crippen LogP contribution in [0.1, 0.15) is 80.2 Å². The van der Waals surface area contributed by atoms with Gasteiger partial charge in [-0.1, -0.05) is 62.9 Å². The van der Waals surface area contributed by atoms with Gasteiger partial charge in [0.1, 0.15) is 25.3 Å². The first-order valence-corrected chi connectivity index (χ1v) is 25.4. The number of nitrogens with zero attached hydrogens (tertiary/aromatic N) is 4. The normalized spacial score (nSPS) is 19.2. The molecule has 420 valence electrons. The van der Waals surface area contributed by atoms with Gasteiger partial charge in [0.15, 0.2) is 35.5 Å². The average molecular weight is 1090 g/mol. The third-order valence-electron chi connectivity index (χ3n) is 13.3. The van der Waals surface area contributed by atoms with Crippen LogP contribution in [0, 0.1) is 5.92 Å². The number of aliphatic hydroxyl groups excluding tert-OH is 2. The summed E-state index contributed by atoms with van der Waals surface area (Å²) in [4.78, 5) is 97.8. The van der Waals surface area contributed by atoms with E-state index < -0.39 is 78.5 Å². The zero-order chi connectivity index (χ0) is 57.2. The molecule has 4 aliphatic heterocycles. The van der Waals surface area contributed by atoms with E-state index in [9.17, 15) is 48.9 Å². The van der Waals surface area contributed by atoms with Gasteiger partial charge < -0.3 is 69.5 Å². The molecule has 0 bridgehead atoms. The summed E-state index contributed by atoms with van der Waals surface area (Å²) in [5, 5.41) is 41.5. The molecule has 4 heterocycles. The Balaban J connectivity index is 1.04. The lowest BCUT2D eigenvalue weighted by atomic mass is 10.0. The van der Waals surface area contributed by atoms with Crippen molar-refractivity contribution in [2.45, 2.75) is 97.1 Å². The zero-order valence-electron chi connectivity index (χ0n) is 44.8. The van der Waals surface area contributed by atoms with Crippen molar-refractivity contribution >= 4 is 59.0 Å². The lowest BCUT2D eigenvalue weighted by Gasteiger charge is -2.31. The third kappa shape index (κ3) is 12.8. The van der Waals surface area contributed by atoms with Crippen LogP contribution in [0.4, 0.5) is 31.4 Å². The summed E-state index contributed by atoms with van der Waals surface area (Å²) in [5.41, 5.74) is 2.18. The maximum absolute atomic E-state index is 14.3. The second kappa shape index (κ2) is 25.5. The minimum Gasteiger partial charge on any atom is -0.493 e. The van der Waals surface area contributed by atoms with Gasteiger partial charge in [0.05, 0.1) is 62.0 Å². The van der Waals surface area contributed by atoms with Crippen molar-refractivity contribution in [3.05, 3.63) is 126 Å². The molecule has 4 aliphatic rings. The first-order chi connectivity index (χ1) is 37.8. The smallest absolute Gasteiger partial charge is 0.416 e. The molecule has 6 atom stereocenters. The first-order valence-electron chi connectivity index (χ1n) is 25.4. The van der Waals surface area contributed by atoms with Gasteiger partial charge in [-0.15, -0.1) is 0 Å². The predicted octanol–water partition coefficient (Wildman–Crippen LogP) is 6.57. The Bertz CT molecular complexity index is 2970. The molecule has 0 fully saturated rings. The third-order valence-corrected chi connectivity index (χ3v) is 13.3. The molecule has 0 spiro atoms. The van der Waals surface area contributed by atoms with Crippen molar-refractivity contribution in [1.29, 1.82) is 0 Å². The van der Waals surface area contributed by atoms with Crippen molar-refractivity contribution in [1.82, 2.24) is 20.4 Å². The first kappa shape index (κ1) is 57.9. The number of carboxylic acid groups (broad SMARTS) is 1. The fourth-order valence-electron chi connectivity index (χ4n) is 9.39. The highest BCUT2D eigenvalue weighted by molar-refractivity contribution is 6.07. The summed E-state index contributed by atoms with van der Waals surface area (Å²) in [6, 6.07) is 8.06. The highest BCUT2D eigenvalue weighted by Crippen LogP contribution is 2.44. The molecule has 6 N–H and O–H groups in total. The number of nitrogens with one attached hydrogen (secondary N) is 3. The van der Waals surface area contributed by atoms with Gasteiger partial charge in [0.2, 0.25) is 11.8 Å². The van der Waals surface area contributed by atoms with Crippen LogP contribution >= 0.6 is 0 Å². The van der Waals surface area contributed by atoms with Crippen molar-refractivity contribution in [2.24, 2.45) is 5.92 Å². The Morgan fingerprint density at radius 2 is 1.24 bits per heavy atom. The predicted molar refractivity (Wildman–Crippen MR) is 288 cm³/mol. The van der Waals surface area contributed by atoms with E-state index in [4.69, 9.17) is 28.4 Å². The van der Waals surface area contributed by atoms with Crippen LogP contribution in [0.2, 0.25) is 0 Å². The standard InChI is InChI=1S/C56H65N7O16/c1-9-13-34-22-41-52(68)62(55(71)72)39-26-45(43(74-7)24-37(39)50(66)60(41)28-34)76-20-12-21-77-46-27-40-38(25-44(46)75-8)51(67)61-29-35(14-10-2)23-42(61)53(69)63(40)56(73)79-30-33-15-17-36(18-16-33)58-48(64)32(6)57-49(65)47(31(4)5)59-54(70)78-19-11-3/h9-11,13-18,24-29,31-32,41-42,47,52-53,68-69H,3,12,19-23,30H2,1-2,4-8H3,(H,57,65)(H,58,64)(H,59,70)(H,71,72)/b13-9+,14-10+/t32?,41?,42-,47?,52?,53-/m0/s1. The number of hydrogen-bond acceptors (Lipinski definition) is 15. The second-order valence-corrected chi connectivity index (χ2v) is 19.0. The van der Waals surface area contributed by atoms with E-state index in [1.807, 2.05) is 13.8 Å². The number of anilines is 3. The zero-order valence-corrected chi connectivity index (χ0v) is 44.8. The summed E-state index contributed by atoms with van der Waals surface area (Å²) in [6.07, 6.45) is 5.88. The van der Waals surface area contributed by atoms with Crippen molar-refractivity contribution in [3.63, 3.8) is 0 Å². The number of alkyl carbamates (subject to hydrolysis) is 1. The maximum atomic E-state index is 14.3. The van der Waals surface area contributed by atoms with Gasteiger partial charge in [-0.2, -0.15) is 0 Å². The molecule has 0 aromatic heterocycles. The van der Waals surface area contributed by atoms with Crippen LogP contribution in [0.15, 0.2) is 109 Å². The number of allylic oxidation sites excluding steroid dienone is 4. The molecule has 0 saturated heterocycles. The van der Waals surface area contributed by atoms with Crippen LogP contribution in [0.25, 0.3) is 0 Å². The van der Waals surface area contributed by atoms with E-state index in [0.717, 1.165) is 20.9 Å². The Morgan fingerprint density at radius 3 is 1.72 bits per heavy atom. The van der Waals surface area contributed by atoms with Crippen LogP contribution < -0.4 is 44.7 Å². The number of fused-ring (bicyclic) bond motifs is 4. The lowest BCUT2D eigenvalue weighted by Crippen LogP contribution is -2.53. The number of methoxy groups -OCH3 is 2. The molecular formula is C56H65N7O16. The van der Waals surface area contributed by atoms with Crippen molar-refractivity contribution < 1.29 is 77.3 Å². The summed E-state index contributed by atoms with van der Waals surface area (Å²) in [6.45, 7) is 11.6. The molecule has 4 unspecified atom stereocenters. The molecule has 3 aromatic carbocycles. The monoisotopic (exact) mass is 1090 g/mol. The number of benzene rings is 3. The Kier molecular flexibility index (Phi) is 18.7. The number of carbonyl (C=O) groups excluding carboxylic acids is 6. The number of carbonyl (C=O) groups is 7. The molecule has 0 aliphatic carbocycles. The Hall–Kier alpha value is -8.83. The Morgan fingerprint density at radius 1 is 0.722 bits per heavy atom. The highest BCUT2D eigenvalue weighted by atomic mass is 16.6. The molecule has 23 nitrogen and oxygen atoms in total. The van der Waals surface area contributed by atoms with Gasteiger partial charge in [-0.25, -0.2) is 24.2 Å². The lowest BCUT2D eigenvalue weighted by molar-refractivity contribution is -0.128. The molecule has 0 radical (unpaired) electrons. The maximum Gasteiger partial charge on any atom is 0.416 e. The van der Waals surface area contributed by atoms with E-state index in [1.165, 1.54) is 61.3 Å². The SMILES string of the molecule is C=CCOC(=O)NC(C(=O)NC(C)C(=O)Nc1ccc(COC(=O)N2c3cc(OCCCOc4cc5c(cc4OC)C(=O)N4C=C(/C=C/C)CC4C(O)N5C(=O)O)c(OC)cc3C(=O)N3C=C(/C=C/C)C[C@H]3[C@@H]2O)cc1)C(C)C. The molecular weight excluding hydrogens is 1030 g/mol.